The Kier molecular flexibility index (Phi) is 0.980. The van der Waals surface area contributed by atoms with Crippen molar-refractivity contribution in [2.24, 2.45) is 0 Å². The topological polar surface area (TPSA) is 26.0 Å². The molecule has 1 aliphatic carbocycles. The number of rotatable bonds is 0. The van der Waals surface area contributed by atoms with Crippen LogP contribution in [0.4, 0.5) is 0 Å². The van der Waals surface area contributed by atoms with Crippen LogP contribution in [-0.2, 0) is 6.42 Å². The second kappa shape index (κ2) is 1.89. The summed E-state index contributed by atoms with van der Waals surface area (Å²) in [5.41, 5.74) is 4.77. The Morgan fingerprint density at radius 2 is 2.42 bits per heavy atom. The number of fused-ring (bicyclic) bond motifs is 2. The predicted molar refractivity (Wildman–Crippen MR) is 46.1 cm³/mol. The molecule has 0 fully saturated rings. The Morgan fingerprint density at radius 1 is 1.50 bits per heavy atom. The SMILES string of the molecule is CC1Cc2cc3ncoc3cc21. The first kappa shape index (κ1) is 6.23. The van der Waals surface area contributed by atoms with Crippen LogP contribution in [0.25, 0.3) is 11.1 Å². The van der Waals surface area contributed by atoms with E-state index in [0.717, 1.165) is 11.1 Å². The zero-order valence-corrected chi connectivity index (χ0v) is 6.87. The van der Waals surface area contributed by atoms with Crippen molar-refractivity contribution in [3.63, 3.8) is 0 Å². The van der Waals surface area contributed by atoms with Crippen LogP contribution in [0.3, 0.4) is 0 Å². The van der Waals surface area contributed by atoms with E-state index in [1.54, 1.807) is 0 Å². The highest BCUT2D eigenvalue weighted by molar-refractivity contribution is 5.75. The molecule has 2 heteroatoms. The Labute approximate surface area is 70.2 Å². The zero-order valence-electron chi connectivity index (χ0n) is 6.87. The minimum absolute atomic E-state index is 0.703. The number of hydrogen-bond donors (Lipinski definition) is 0. The molecule has 0 amide bonds. The van der Waals surface area contributed by atoms with Gasteiger partial charge >= 0.3 is 0 Å². The first-order chi connectivity index (χ1) is 5.84. The standard InChI is InChI=1S/C10H9NO/c1-6-2-7-3-9-10(4-8(6)7)12-5-11-9/h3-6H,2H2,1H3. The molecule has 60 valence electrons. The fourth-order valence-corrected chi connectivity index (χ4v) is 1.91. The van der Waals surface area contributed by atoms with Gasteiger partial charge in [-0.3, -0.25) is 0 Å². The third-order valence-corrected chi connectivity index (χ3v) is 2.65. The Morgan fingerprint density at radius 3 is 3.25 bits per heavy atom. The second-order valence-corrected chi connectivity index (χ2v) is 3.48. The van der Waals surface area contributed by atoms with Gasteiger partial charge in [0.25, 0.3) is 0 Å². The molecule has 0 saturated heterocycles. The van der Waals surface area contributed by atoms with Crippen molar-refractivity contribution >= 4 is 11.1 Å². The van der Waals surface area contributed by atoms with Gasteiger partial charge in [0.15, 0.2) is 12.0 Å². The highest BCUT2D eigenvalue weighted by atomic mass is 16.3. The molecule has 0 aliphatic heterocycles. The molecule has 1 aliphatic rings. The van der Waals surface area contributed by atoms with Gasteiger partial charge < -0.3 is 4.42 Å². The Balaban J connectivity index is 2.37. The lowest BCUT2D eigenvalue weighted by Crippen LogP contribution is -2.13. The lowest BCUT2D eigenvalue weighted by molar-refractivity contribution is 0.597. The largest absolute Gasteiger partial charge is 0.443 e. The molecule has 2 nitrogen and oxygen atoms in total. The van der Waals surface area contributed by atoms with E-state index in [-0.39, 0.29) is 0 Å². The maximum atomic E-state index is 5.22. The normalized spacial score (nSPS) is 20.6. The molecule has 1 unspecified atom stereocenters. The smallest absolute Gasteiger partial charge is 0.181 e. The van der Waals surface area contributed by atoms with Crippen molar-refractivity contribution in [3.8, 4) is 0 Å². The number of aromatic nitrogens is 1. The summed E-state index contributed by atoms with van der Waals surface area (Å²) in [5.74, 6) is 0.703. The average Bonchev–Trinajstić information content (AvgIpc) is 2.49. The van der Waals surface area contributed by atoms with E-state index in [1.807, 2.05) is 0 Å². The summed E-state index contributed by atoms with van der Waals surface area (Å²) in [5, 5.41) is 0. The maximum Gasteiger partial charge on any atom is 0.181 e. The minimum atomic E-state index is 0.703. The molecule has 1 atom stereocenters. The van der Waals surface area contributed by atoms with E-state index in [2.05, 4.69) is 24.0 Å². The highest BCUT2D eigenvalue weighted by Crippen LogP contribution is 2.36. The number of nitrogens with zero attached hydrogens (tertiary/aromatic N) is 1. The molecule has 12 heavy (non-hydrogen) atoms. The van der Waals surface area contributed by atoms with E-state index < -0.39 is 0 Å². The first-order valence-corrected chi connectivity index (χ1v) is 4.20. The van der Waals surface area contributed by atoms with E-state index in [4.69, 9.17) is 4.42 Å². The lowest BCUT2D eigenvalue weighted by Gasteiger charge is -2.26. The van der Waals surface area contributed by atoms with Crippen LogP contribution in [0.5, 0.6) is 0 Å². The highest BCUT2D eigenvalue weighted by Gasteiger charge is 2.22. The van der Waals surface area contributed by atoms with Crippen LogP contribution in [0.15, 0.2) is 22.9 Å². The van der Waals surface area contributed by atoms with E-state index in [0.29, 0.717) is 5.92 Å². The average molecular weight is 159 g/mol. The van der Waals surface area contributed by atoms with E-state index >= 15 is 0 Å². The molecule has 0 radical (unpaired) electrons. The summed E-state index contributed by atoms with van der Waals surface area (Å²) in [6, 6.07) is 4.25. The molecule has 0 spiro atoms. The van der Waals surface area contributed by atoms with Gasteiger partial charge in [0.05, 0.1) is 0 Å². The monoisotopic (exact) mass is 159 g/mol. The van der Waals surface area contributed by atoms with Crippen LogP contribution in [-0.4, -0.2) is 4.98 Å². The van der Waals surface area contributed by atoms with Gasteiger partial charge in [0, 0.05) is 0 Å². The van der Waals surface area contributed by atoms with Gasteiger partial charge in [-0.15, -0.1) is 0 Å². The molecule has 1 heterocycles. The van der Waals surface area contributed by atoms with Crippen LogP contribution in [0, 0.1) is 0 Å². The van der Waals surface area contributed by atoms with Crippen molar-refractivity contribution in [1.82, 2.24) is 4.98 Å². The van der Waals surface area contributed by atoms with Gasteiger partial charge in [0.2, 0.25) is 0 Å². The molecule has 1 aromatic carbocycles. The summed E-state index contributed by atoms with van der Waals surface area (Å²) in [6.45, 7) is 2.24. The van der Waals surface area contributed by atoms with Crippen LogP contribution in [0.1, 0.15) is 24.0 Å². The minimum Gasteiger partial charge on any atom is -0.443 e. The molecule has 0 bridgehead atoms. The van der Waals surface area contributed by atoms with Crippen LogP contribution < -0.4 is 0 Å². The van der Waals surface area contributed by atoms with E-state index in [9.17, 15) is 0 Å². The molecular weight excluding hydrogens is 150 g/mol. The summed E-state index contributed by atoms with van der Waals surface area (Å²) in [6.07, 6.45) is 2.70. The maximum absolute atomic E-state index is 5.22. The van der Waals surface area contributed by atoms with Gasteiger partial charge in [-0.05, 0) is 35.6 Å². The molecular formula is C10H9NO. The number of oxazole rings is 1. The summed E-state index contributed by atoms with van der Waals surface area (Å²) < 4.78 is 5.22. The molecule has 3 rings (SSSR count). The first-order valence-electron chi connectivity index (χ1n) is 4.20. The van der Waals surface area contributed by atoms with Crippen molar-refractivity contribution in [1.29, 1.82) is 0 Å². The summed E-state index contributed by atoms with van der Waals surface area (Å²) >= 11 is 0. The number of hydrogen-bond acceptors (Lipinski definition) is 2. The van der Waals surface area contributed by atoms with Gasteiger partial charge in [-0.2, -0.15) is 0 Å². The lowest BCUT2D eigenvalue weighted by atomic mass is 9.79. The Hall–Kier alpha value is -1.31. The molecule has 0 N–H and O–H groups in total. The van der Waals surface area contributed by atoms with E-state index in [1.165, 1.54) is 23.9 Å². The predicted octanol–water partition coefficient (Wildman–Crippen LogP) is 2.49. The number of benzene rings is 1. The van der Waals surface area contributed by atoms with Gasteiger partial charge in [0.1, 0.15) is 5.52 Å². The molecule has 1 aromatic heterocycles. The molecule has 0 saturated carbocycles. The zero-order chi connectivity index (χ0) is 8.13. The van der Waals surface area contributed by atoms with Crippen molar-refractivity contribution < 1.29 is 4.42 Å². The fraction of sp³-hybridized carbons (Fsp3) is 0.300. The van der Waals surface area contributed by atoms with Crippen LogP contribution >= 0.6 is 0 Å². The van der Waals surface area contributed by atoms with Crippen molar-refractivity contribution in [2.45, 2.75) is 19.3 Å². The summed E-state index contributed by atoms with van der Waals surface area (Å²) in [4.78, 5) is 4.11. The third-order valence-electron chi connectivity index (χ3n) is 2.65. The fourth-order valence-electron chi connectivity index (χ4n) is 1.91. The van der Waals surface area contributed by atoms with Crippen molar-refractivity contribution in [3.05, 3.63) is 29.7 Å². The van der Waals surface area contributed by atoms with Crippen molar-refractivity contribution in [2.75, 3.05) is 0 Å². The molecule has 2 aromatic rings. The summed E-state index contributed by atoms with van der Waals surface area (Å²) in [7, 11) is 0. The van der Waals surface area contributed by atoms with Gasteiger partial charge in [-0.1, -0.05) is 6.92 Å². The Bertz CT molecular complexity index is 444. The van der Waals surface area contributed by atoms with Crippen LogP contribution in [0.2, 0.25) is 0 Å². The van der Waals surface area contributed by atoms with Gasteiger partial charge in [-0.25, -0.2) is 4.98 Å². The quantitative estimate of drug-likeness (QED) is 0.590. The third kappa shape index (κ3) is 0.624. The second-order valence-electron chi connectivity index (χ2n) is 3.48.